The number of para-hydroxylation sites is 1. The number of hydrogen-bond donors (Lipinski definition) is 1. The first-order valence-electron chi connectivity index (χ1n) is 9.61. The molecule has 2 amide bonds. The molecule has 1 heterocycles. The topological polar surface area (TPSA) is 52.7 Å². The molecule has 1 fully saturated rings. The summed E-state index contributed by atoms with van der Waals surface area (Å²) in [4.78, 5) is 28.8. The van der Waals surface area contributed by atoms with Gasteiger partial charge in [0.05, 0.1) is 6.42 Å². The number of rotatable bonds is 8. The summed E-state index contributed by atoms with van der Waals surface area (Å²) in [5, 5.41) is 3.39. The third kappa shape index (κ3) is 4.75. The van der Waals surface area contributed by atoms with Crippen LogP contribution in [0.4, 0.5) is 5.69 Å². The Morgan fingerprint density at radius 1 is 1.07 bits per heavy atom. The SMILES string of the molecule is CCN1C(=O)C(CC(=O)Nc2ccccc2)N(CCCc2ccccc2)C1=S. The Bertz CT molecular complexity index is 826. The van der Waals surface area contributed by atoms with E-state index in [1.54, 1.807) is 4.90 Å². The molecule has 1 N–H and O–H groups in total. The number of benzene rings is 2. The number of thiocarbonyl (C=S) groups is 1. The van der Waals surface area contributed by atoms with E-state index in [2.05, 4.69) is 17.4 Å². The van der Waals surface area contributed by atoms with Crippen molar-refractivity contribution in [1.29, 1.82) is 0 Å². The lowest BCUT2D eigenvalue weighted by Crippen LogP contribution is -2.38. The van der Waals surface area contributed by atoms with Gasteiger partial charge in [0, 0.05) is 18.8 Å². The molecule has 0 saturated carbocycles. The fraction of sp³-hybridized carbons (Fsp3) is 0.318. The van der Waals surface area contributed by atoms with Gasteiger partial charge in [0.2, 0.25) is 5.91 Å². The zero-order chi connectivity index (χ0) is 19.9. The molecule has 5 nitrogen and oxygen atoms in total. The molecular weight excluding hydrogens is 370 g/mol. The van der Waals surface area contributed by atoms with E-state index in [4.69, 9.17) is 12.2 Å². The molecule has 0 radical (unpaired) electrons. The van der Waals surface area contributed by atoms with Gasteiger partial charge in [-0.05, 0) is 49.7 Å². The molecule has 28 heavy (non-hydrogen) atoms. The highest BCUT2D eigenvalue weighted by Gasteiger charge is 2.42. The second kappa shape index (κ2) is 9.46. The maximum Gasteiger partial charge on any atom is 0.252 e. The number of carbonyl (C=O) groups excluding carboxylic acids is 2. The number of amides is 2. The third-order valence-electron chi connectivity index (χ3n) is 4.86. The Morgan fingerprint density at radius 3 is 2.36 bits per heavy atom. The van der Waals surface area contributed by atoms with Crippen molar-refractivity contribution in [2.24, 2.45) is 0 Å². The van der Waals surface area contributed by atoms with E-state index in [0.29, 0.717) is 18.2 Å². The van der Waals surface area contributed by atoms with Crippen molar-refractivity contribution in [3.05, 3.63) is 66.2 Å². The Morgan fingerprint density at radius 2 is 1.71 bits per heavy atom. The van der Waals surface area contributed by atoms with Crippen molar-refractivity contribution >= 4 is 34.8 Å². The number of likely N-dealkylation sites (N-methyl/N-ethyl adjacent to an activating group) is 1. The monoisotopic (exact) mass is 395 g/mol. The minimum atomic E-state index is -0.535. The number of carbonyl (C=O) groups is 2. The molecule has 1 aliphatic rings. The summed E-state index contributed by atoms with van der Waals surface area (Å²) >= 11 is 5.53. The summed E-state index contributed by atoms with van der Waals surface area (Å²) < 4.78 is 0. The summed E-state index contributed by atoms with van der Waals surface area (Å²) in [5.74, 6) is -0.270. The first kappa shape index (κ1) is 20.0. The molecule has 6 heteroatoms. The average Bonchev–Trinajstić information content (AvgIpc) is 2.93. The van der Waals surface area contributed by atoms with Crippen LogP contribution < -0.4 is 5.32 Å². The molecule has 2 aromatic rings. The molecule has 0 aliphatic carbocycles. The maximum atomic E-state index is 12.8. The predicted molar refractivity (Wildman–Crippen MR) is 115 cm³/mol. The van der Waals surface area contributed by atoms with Gasteiger partial charge in [-0.3, -0.25) is 14.5 Å². The van der Waals surface area contributed by atoms with Crippen LogP contribution in [0, 0.1) is 0 Å². The summed E-state index contributed by atoms with van der Waals surface area (Å²) in [6.45, 7) is 3.07. The number of nitrogens with one attached hydrogen (secondary N) is 1. The van der Waals surface area contributed by atoms with Gasteiger partial charge in [0.25, 0.3) is 5.91 Å². The smallest absolute Gasteiger partial charge is 0.252 e. The Kier molecular flexibility index (Phi) is 6.76. The van der Waals surface area contributed by atoms with E-state index < -0.39 is 6.04 Å². The highest BCUT2D eigenvalue weighted by atomic mass is 32.1. The average molecular weight is 396 g/mol. The van der Waals surface area contributed by atoms with E-state index in [-0.39, 0.29) is 18.2 Å². The van der Waals surface area contributed by atoms with E-state index in [1.165, 1.54) is 5.56 Å². The molecule has 1 unspecified atom stereocenters. The van der Waals surface area contributed by atoms with Gasteiger partial charge in [0.1, 0.15) is 6.04 Å². The quantitative estimate of drug-likeness (QED) is 0.696. The first-order valence-corrected chi connectivity index (χ1v) is 10.0. The molecule has 0 bridgehead atoms. The van der Waals surface area contributed by atoms with Gasteiger partial charge in [-0.1, -0.05) is 48.5 Å². The lowest BCUT2D eigenvalue weighted by Gasteiger charge is -2.23. The molecule has 0 spiro atoms. The molecule has 0 aromatic heterocycles. The van der Waals surface area contributed by atoms with Gasteiger partial charge in [0.15, 0.2) is 5.11 Å². The van der Waals surface area contributed by atoms with Crippen molar-refractivity contribution in [3.8, 4) is 0 Å². The van der Waals surface area contributed by atoms with Crippen LogP contribution in [0.25, 0.3) is 0 Å². The molecular formula is C22H25N3O2S. The minimum absolute atomic E-state index is 0.0876. The Balaban J connectivity index is 1.64. The van der Waals surface area contributed by atoms with Crippen molar-refractivity contribution in [3.63, 3.8) is 0 Å². The molecule has 3 rings (SSSR count). The fourth-order valence-corrected chi connectivity index (χ4v) is 3.88. The normalized spacial score (nSPS) is 16.5. The van der Waals surface area contributed by atoms with Crippen molar-refractivity contribution < 1.29 is 9.59 Å². The maximum absolute atomic E-state index is 12.8. The highest BCUT2D eigenvalue weighted by molar-refractivity contribution is 7.80. The highest BCUT2D eigenvalue weighted by Crippen LogP contribution is 2.22. The Labute approximate surface area is 171 Å². The fourth-order valence-electron chi connectivity index (χ4n) is 3.44. The van der Waals surface area contributed by atoms with E-state index in [0.717, 1.165) is 18.5 Å². The van der Waals surface area contributed by atoms with Gasteiger partial charge in [-0.25, -0.2) is 0 Å². The van der Waals surface area contributed by atoms with Crippen LogP contribution >= 0.6 is 12.2 Å². The van der Waals surface area contributed by atoms with Crippen LogP contribution in [0.1, 0.15) is 25.3 Å². The second-order valence-electron chi connectivity index (χ2n) is 6.78. The Hall–Kier alpha value is -2.73. The van der Waals surface area contributed by atoms with Crippen LogP contribution in [0.5, 0.6) is 0 Å². The van der Waals surface area contributed by atoms with Crippen LogP contribution in [-0.4, -0.2) is 45.9 Å². The lowest BCUT2D eigenvalue weighted by atomic mass is 10.1. The summed E-state index contributed by atoms with van der Waals surface area (Å²) in [6, 6.07) is 19.0. The van der Waals surface area contributed by atoms with Crippen LogP contribution in [0.2, 0.25) is 0 Å². The number of hydrogen-bond acceptors (Lipinski definition) is 3. The predicted octanol–water partition coefficient (Wildman–Crippen LogP) is 3.47. The molecule has 1 saturated heterocycles. The summed E-state index contributed by atoms with van der Waals surface area (Å²) in [6.07, 6.45) is 1.87. The minimum Gasteiger partial charge on any atom is -0.336 e. The van der Waals surface area contributed by atoms with Gasteiger partial charge in [-0.2, -0.15) is 0 Å². The second-order valence-corrected chi connectivity index (χ2v) is 7.15. The van der Waals surface area contributed by atoms with Gasteiger partial charge >= 0.3 is 0 Å². The first-order chi connectivity index (χ1) is 13.6. The van der Waals surface area contributed by atoms with Crippen molar-refractivity contribution in [2.75, 3.05) is 18.4 Å². The van der Waals surface area contributed by atoms with Crippen LogP contribution in [0.3, 0.4) is 0 Å². The molecule has 2 aromatic carbocycles. The van der Waals surface area contributed by atoms with Gasteiger partial charge in [-0.15, -0.1) is 0 Å². The van der Waals surface area contributed by atoms with Crippen molar-refractivity contribution in [2.45, 2.75) is 32.2 Å². The molecule has 146 valence electrons. The number of anilines is 1. The zero-order valence-electron chi connectivity index (χ0n) is 16.0. The van der Waals surface area contributed by atoms with E-state index in [9.17, 15) is 9.59 Å². The standard InChI is InChI=1S/C22H25N3O2S/c1-2-24-21(27)19(16-20(26)23-18-13-7-4-8-14-18)25(22(24)28)15-9-12-17-10-5-3-6-11-17/h3-8,10-11,13-14,19H,2,9,12,15-16H2,1H3,(H,23,26). The zero-order valence-corrected chi connectivity index (χ0v) is 16.8. The van der Waals surface area contributed by atoms with Crippen molar-refractivity contribution in [1.82, 2.24) is 9.80 Å². The third-order valence-corrected chi connectivity index (χ3v) is 5.32. The van der Waals surface area contributed by atoms with Crippen LogP contribution in [0.15, 0.2) is 60.7 Å². The summed E-state index contributed by atoms with van der Waals surface area (Å²) in [7, 11) is 0. The lowest BCUT2D eigenvalue weighted by molar-refractivity contribution is -0.130. The number of aryl methyl sites for hydroxylation is 1. The summed E-state index contributed by atoms with van der Waals surface area (Å²) in [5.41, 5.74) is 1.98. The largest absolute Gasteiger partial charge is 0.336 e. The van der Waals surface area contributed by atoms with Crippen LogP contribution in [-0.2, 0) is 16.0 Å². The van der Waals surface area contributed by atoms with Gasteiger partial charge < -0.3 is 10.2 Å². The number of nitrogens with zero attached hydrogens (tertiary/aromatic N) is 2. The van der Waals surface area contributed by atoms with E-state index >= 15 is 0 Å². The molecule has 1 atom stereocenters. The molecule has 1 aliphatic heterocycles. The van der Waals surface area contributed by atoms with E-state index in [1.807, 2.05) is 60.4 Å².